The number of nitrogens with one attached hydrogen (secondary N) is 2. The molecule has 9 heteroatoms. The quantitative estimate of drug-likeness (QED) is 0.625. The number of hydrogen-bond acceptors (Lipinski definition) is 5. The van der Waals surface area contributed by atoms with Gasteiger partial charge in [0.1, 0.15) is 11.5 Å². The molecule has 0 aliphatic carbocycles. The molecule has 0 atom stereocenters. The van der Waals surface area contributed by atoms with Crippen LogP contribution in [0.2, 0.25) is 5.02 Å². The second kappa shape index (κ2) is 9.49. The van der Waals surface area contributed by atoms with Gasteiger partial charge in [-0.3, -0.25) is 4.79 Å². The molecule has 0 fully saturated rings. The van der Waals surface area contributed by atoms with Crippen molar-refractivity contribution in [2.45, 2.75) is 10.7 Å². The van der Waals surface area contributed by atoms with Crippen molar-refractivity contribution < 1.29 is 23.0 Å². The van der Waals surface area contributed by atoms with Gasteiger partial charge in [0.2, 0.25) is 5.91 Å². The summed E-state index contributed by atoms with van der Waals surface area (Å²) in [4.78, 5) is 12.5. The minimum Gasteiger partial charge on any atom is -0.495 e. The number of alkyl halides is 2. The van der Waals surface area contributed by atoms with Crippen LogP contribution in [0.4, 0.5) is 20.2 Å². The molecule has 2 aromatic rings. The summed E-state index contributed by atoms with van der Waals surface area (Å²) in [5.74, 6) is -2.11. The number of carbonyl (C=O) groups is 1. The Bertz CT molecular complexity index is 778. The lowest BCUT2D eigenvalue weighted by atomic mass is 10.2. The van der Waals surface area contributed by atoms with Crippen LogP contribution < -0.4 is 20.1 Å². The zero-order valence-electron chi connectivity index (χ0n) is 14.0. The van der Waals surface area contributed by atoms with Gasteiger partial charge in [0.05, 0.1) is 37.2 Å². The van der Waals surface area contributed by atoms with Crippen LogP contribution in [0.25, 0.3) is 0 Å². The van der Waals surface area contributed by atoms with Gasteiger partial charge in [0.25, 0.3) is 5.76 Å². The summed E-state index contributed by atoms with van der Waals surface area (Å²) < 4.78 is 35.5. The van der Waals surface area contributed by atoms with Gasteiger partial charge in [-0.1, -0.05) is 35.5 Å². The number of carbonyl (C=O) groups excluding carboxylic acids is 1. The maximum atomic E-state index is 12.6. The van der Waals surface area contributed by atoms with Crippen molar-refractivity contribution in [2.75, 3.05) is 31.4 Å². The van der Waals surface area contributed by atoms with Gasteiger partial charge in [-0.15, -0.1) is 0 Å². The molecule has 0 aliphatic heterocycles. The van der Waals surface area contributed by atoms with Crippen molar-refractivity contribution in [1.82, 2.24) is 0 Å². The third-order valence-corrected chi connectivity index (χ3v) is 4.37. The van der Waals surface area contributed by atoms with E-state index in [1.54, 1.807) is 30.3 Å². The van der Waals surface area contributed by atoms with Crippen LogP contribution in [0, 0.1) is 0 Å². The molecule has 0 unspecified atom stereocenters. The number of methoxy groups -OCH3 is 2. The highest BCUT2D eigenvalue weighted by Gasteiger charge is 2.13. The Balaban J connectivity index is 2.06. The van der Waals surface area contributed by atoms with Crippen LogP contribution in [-0.2, 0) is 4.79 Å². The van der Waals surface area contributed by atoms with Crippen molar-refractivity contribution in [1.29, 1.82) is 0 Å². The summed E-state index contributed by atoms with van der Waals surface area (Å²) in [7, 11) is 2.95. The van der Waals surface area contributed by atoms with E-state index in [0.29, 0.717) is 44.6 Å². The van der Waals surface area contributed by atoms with E-state index in [2.05, 4.69) is 10.6 Å². The van der Waals surface area contributed by atoms with Crippen LogP contribution in [0.15, 0.2) is 41.3 Å². The van der Waals surface area contributed by atoms with Crippen molar-refractivity contribution in [2.24, 2.45) is 0 Å². The standard InChI is InChI=1S/C17H17ClF2N2O3S/c1-24-13-8-12(14(25-2)7-10(13)18)21-9-16(23)22-11-5-3-4-6-15(11)26-17(19)20/h3-8,17,21H,9H2,1-2H3,(H,22,23). The average molecular weight is 403 g/mol. The average Bonchev–Trinajstić information content (AvgIpc) is 2.61. The minimum absolute atomic E-state index is 0.102. The van der Waals surface area contributed by atoms with Gasteiger partial charge in [0.15, 0.2) is 0 Å². The topological polar surface area (TPSA) is 59.6 Å². The number of ether oxygens (including phenoxy) is 2. The van der Waals surface area contributed by atoms with Crippen LogP contribution in [0.5, 0.6) is 11.5 Å². The Morgan fingerprint density at radius 1 is 1.15 bits per heavy atom. The number of para-hydroxylation sites is 1. The predicted molar refractivity (Wildman–Crippen MR) is 100.0 cm³/mol. The molecule has 0 aliphatic rings. The van der Waals surface area contributed by atoms with E-state index in [0.717, 1.165) is 0 Å². The van der Waals surface area contributed by atoms with E-state index >= 15 is 0 Å². The Morgan fingerprint density at radius 3 is 2.50 bits per heavy atom. The van der Waals surface area contributed by atoms with E-state index in [1.807, 2.05) is 0 Å². The number of anilines is 2. The van der Waals surface area contributed by atoms with Crippen molar-refractivity contribution in [3.63, 3.8) is 0 Å². The highest BCUT2D eigenvalue weighted by atomic mass is 35.5. The lowest BCUT2D eigenvalue weighted by Gasteiger charge is -2.14. The molecule has 0 heterocycles. The molecule has 1 amide bonds. The number of benzene rings is 2. The second-order valence-electron chi connectivity index (χ2n) is 4.96. The fourth-order valence-electron chi connectivity index (χ4n) is 2.14. The smallest absolute Gasteiger partial charge is 0.288 e. The lowest BCUT2D eigenvalue weighted by Crippen LogP contribution is -2.22. The first-order chi connectivity index (χ1) is 12.4. The molecule has 0 spiro atoms. The largest absolute Gasteiger partial charge is 0.495 e. The molecule has 2 N–H and O–H groups in total. The summed E-state index contributed by atoms with van der Waals surface area (Å²) in [6, 6.07) is 9.54. The SMILES string of the molecule is COc1cc(NCC(=O)Nc2ccccc2SC(F)F)c(OC)cc1Cl. The molecule has 0 saturated heterocycles. The summed E-state index contributed by atoms with van der Waals surface area (Å²) in [5, 5.41) is 5.90. The predicted octanol–water partition coefficient (Wildman–Crippen LogP) is 4.72. The molecule has 0 radical (unpaired) electrons. The number of thioether (sulfide) groups is 1. The minimum atomic E-state index is -2.57. The number of hydrogen-bond donors (Lipinski definition) is 2. The summed E-state index contributed by atoms with van der Waals surface area (Å²) in [6.45, 7) is -0.102. The number of amides is 1. The van der Waals surface area contributed by atoms with Gasteiger partial charge in [-0.05, 0) is 12.1 Å². The van der Waals surface area contributed by atoms with E-state index in [4.69, 9.17) is 21.1 Å². The van der Waals surface area contributed by atoms with Gasteiger partial charge in [0, 0.05) is 17.0 Å². The highest BCUT2D eigenvalue weighted by Crippen LogP contribution is 2.36. The van der Waals surface area contributed by atoms with Gasteiger partial charge in [-0.2, -0.15) is 8.78 Å². The molecule has 5 nitrogen and oxygen atoms in total. The van der Waals surface area contributed by atoms with E-state index < -0.39 is 11.7 Å². The summed E-state index contributed by atoms with van der Waals surface area (Å²) in [5.41, 5.74) is 0.837. The lowest BCUT2D eigenvalue weighted by molar-refractivity contribution is -0.114. The molecular weight excluding hydrogens is 386 g/mol. The first-order valence-electron chi connectivity index (χ1n) is 7.43. The van der Waals surface area contributed by atoms with Crippen LogP contribution in [0.3, 0.4) is 0 Å². The summed E-state index contributed by atoms with van der Waals surface area (Å²) >= 11 is 6.41. The third-order valence-electron chi connectivity index (χ3n) is 3.29. The van der Waals surface area contributed by atoms with E-state index in [-0.39, 0.29) is 6.54 Å². The zero-order valence-corrected chi connectivity index (χ0v) is 15.6. The molecule has 0 bridgehead atoms. The fraction of sp³-hybridized carbons (Fsp3) is 0.235. The zero-order chi connectivity index (χ0) is 19.1. The normalized spacial score (nSPS) is 10.5. The molecule has 26 heavy (non-hydrogen) atoms. The van der Waals surface area contributed by atoms with Crippen LogP contribution >= 0.6 is 23.4 Å². The molecule has 2 aromatic carbocycles. The molecular formula is C17H17ClF2N2O3S. The van der Waals surface area contributed by atoms with Crippen molar-refractivity contribution in [3.05, 3.63) is 41.4 Å². The van der Waals surface area contributed by atoms with Crippen molar-refractivity contribution >= 4 is 40.6 Å². The highest BCUT2D eigenvalue weighted by molar-refractivity contribution is 7.99. The van der Waals surface area contributed by atoms with Gasteiger partial charge >= 0.3 is 0 Å². The molecule has 2 rings (SSSR count). The second-order valence-corrected chi connectivity index (χ2v) is 6.40. The van der Waals surface area contributed by atoms with E-state index in [9.17, 15) is 13.6 Å². The molecule has 0 saturated carbocycles. The Hall–Kier alpha value is -2.19. The molecule has 140 valence electrons. The Kier molecular flexibility index (Phi) is 7.35. The Morgan fingerprint density at radius 2 is 1.85 bits per heavy atom. The fourth-order valence-corrected chi connectivity index (χ4v) is 2.96. The number of halogens is 3. The van der Waals surface area contributed by atoms with E-state index in [1.165, 1.54) is 20.3 Å². The maximum Gasteiger partial charge on any atom is 0.288 e. The van der Waals surface area contributed by atoms with Gasteiger partial charge < -0.3 is 20.1 Å². The first-order valence-corrected chi connectivity index (χ1v) is 8.69. The van der Waals surface area contributed by atoms with Crippen molar-refractivity contribution in [3.8, 4) is 11.5 Å². The van der Waals surface area contributed by atoms with Gasteiger partial charge in [-0.25, -0.2) is 0 Å². The molecule has 0 aromatic heterocycles. The summed E-state index contributed by atoms with van der Waals surface area (Å²) in [6.07, 6.45) is 0. The first kappa shape index (κ1) is 20.1. The maximum absolute atomic E-state index is 12.6. The van der Waals surface area contributed by atoms with Crippen LogP contribution in [-0.4, -0.2) is 32.4 Å². The third kappa shape index (κ3) is 5.40. The number of rotatable bonds is 8. The monoisotopic (exact) mass is 402 g/mol. The van der Waals surface area contributed by atoms with Crippen LogP contribution in [0.1, 0.15) is 0 Å². The Labute approximate surface area is 159 Å².